The summed E-state index contributed by atoms with van der Waals surface area (Å²) in [7, 11) is 0. The summed E-state index contributed by atoms with van der Waals surface area (Å²) in [6.07, 6.45) is 1.89. The van der Waals surface area contributed by atoms with E-state index in [9.17, 15) is 9.50 Å². The van der Waals surface area contributed by atoms with Gasteiger partial charge in [-0.2, -0.15) is 0 Å². The zero-order valence-corrected chi connectivity index (χ0v) is 9.72. The minimum atomic E-state index is -0.604. The van der Waals surface area contributed by atoms with Gasteiger partial charge in [0.1, 0.15) is 11.6 Å². The monoisotopic (exact) mass is 224 g/mol. The lowest BCUT2D eigenvalue weighted by Crippen LogP contribution is -2.26. The van der Waals surface area contributed by atoms with Crippen LogP contribution in [0.3, 0.4) is 0 Å². The maximum absolute atomic E-state index is 13.9. The lowest BCUT2D eigenvalue weighted by Gasteiger charge is -2.29. The van der Waals surface area contributed by atoms with Gasteiger partial charge in [0.15, 0.2) is 0 Å². The Bertz CT molecular complexity index is 399. The molecule has 1 aliphatic heterocycles. The van der Waals surface area contributed by atoms with Crippen LogP contribution in [0.4, 0.5) is 4.39 Å². The molecule has 1 aromatic rings. The molecular formula is C13H17FO2. The van der Waals surface area contributed by atoms with Crippen LogP contribution in [0.1, 0.15) is 31.4 Å². The van der Waals surface area contributed by atoms with Crippen molar-refractivity contribution in [2.24, 2.45) is 0 Å². The lowest BCUT2D eigenvalue weighted by molar-refractivity contribution is 0.204. The summed E-state index contributed by atoms with van der Waals surface area (Å²) in [5.74, 6) is 0.352. The van der Waals surface area contributed by atoms with Crippen LogP contribution in [0, 0.1) is 5.82 Å². The van der Waals surface area contributed by atoms with E-state index < -0.39 is 5.41 Å². The summed E-state index contributed by atoms with van der Waals surface area (Å²) >= 11 is 0. The number of aryl methyl sites for hydroxylation is 1. The highest BCUT2D eigenvalue weighted by atomic mass is 19.1. The molecule has 88 valence electrons. The van der Waals surface area contributed by atoms with Crippen LogP contribution in [0.5, 0.6) is 5.75 Å². The summed E-state index contributed by atoms with van der Waals surface area (Å²) in [6.45, 7) is 4.18. The van der Waals surface area contributed by atoms with Crippen molar-refractivity contribution in [2.45, 2.75) is 32.1 Å². The average molecular weight is 224 g/mol. The fraction of sp³-hybridized carbons (Fsp3) is 0.538. The number of hydrogen-bond acceptors (Lipinski definition) is 2. The number of aliphatic hydroxyl groups excluding tert-OH is 1. The molecule has 0 atom stereocenters. The summed E-state index contributed by atoms with van der Waals surface area (Å²) in [6, 6.07) is 3.25. The Hall–Kier alpha value is -1.09. The molecule has 2 rings (SSSR count). The molecule has 0 saturated heterocycles. The van der Waals surface area contributed by atoms with Crippen LogP contribution in [0.15, 0.2) is 12.1 Å². The van der Waals surface area contributed by atoms with Gasteiger partial charge >= 0.3 is 0 Å². The maximum atomic E-state index is 13.9. The van der Waals surface area contributed by atoms with Gasteiger partial charge in [0.05, 0.1) is 13.2 Å². The van der Waals surface area contributed by atoms with Gasteiger partial charge in [-0.3, -0.25) is 0 Å². The van der Waals surface area contributed by atoms with E-state index >= 15 is 0 Å². The van der Waals surface area contributed by atoms with E-state index in [-0.39, 0.29) is 12.4 Å². The van der Waals surface area contributed by atoms with E-state index in [0.29, 0.717) is 17.9 Å². The highest BCUT2D eigenvalue weighted by Gasteiger charge is 2.30. The first kappa shape index (κ1) is 11.4. The number of ether oxygens (including phenoxy) is 1. The molecule has 1 heterocycles. The third kappa shape index (κ3) is 1.80. The molecule has 0 aromatic heterocycles. The molecule has 0 aliphatic carbocycles. The molecule has 0 bridgehead atoms. The number of hydrogen-bond donors (Lipinski definition) is 1. The van der Waals surface area contributed by atoms with Crippen molar-refractivity contribution in [3.8, 4) is 5.75 Å². The Labute approximate surface area is 95.1 Å². The smallest absolute Gasteiger partial charge is 0.130 e. The molecular weight excluding hydrogens is 207 g/mol. The van der Waals surface area contributed by atoms with Gasteiger partial charge in [0.2, 0.25) is 0 Å². The summed E-state index contributed by atoms with van der Waals surface area (Å²) in [4.78, 5) is 0. The largest absolute Gasteiger partial charge is 0.493 e. The molecule has 0 amide bonds. The van der Waals surface area contributed by atoms with Crippen LogP contribution in [0.2, 0.25) is 0 Å². The van der Waals surface area contributed by atoms with Crippen molar-refractivity contribution < 1.29 is 14.2 Å². The third-order valence-electron chi connectivity index (χ3n) is 3.10. The van der Waals surface area contributed by atoms with E-state index in [0.717, 1.165) is 18.4 Å². The van der Waals surface area contributed by atoms with E-state index in [1.54, 1.807) is 6.07 Å². The molecule has 3 heteroatoms. The molecule has 1 N–H and O–H groups in total. The topological polar surface area (TPSA) is 29.5 Å². The van der Waals surface area contributed by atoms with Crippen LogP contribution < -0.4 is 4.74 Å². The third-order valence-corrected chi connectivity index (χ3v) is 3.10. The summed E-state index contributed by atoms with van der Waals surface area (Å²) in [5, 5.41) is 9.35. The van der Waals surface area contributed by atoms with Crippen molar-refractivity contribution in [1.29, 1.82) is 0 Å². The fourth-order valence-corrected chi connectivity index (χ4v) is 2.11. The van der Waals surface area contributed by atoms with Crippen molar-refractivity contribution in [3.63, 3.8) is 0 Å². The molecule has 16 heavy (non-hydrogen) atoms. The molecule has 1 aromatic carbocycles. The number of halogens is 1. The van der Waals surface area contributed by atoms with E-state index in [1.165, 1.54) is 6.07 Å². The zero-order chi connectivity index (χ0) is 11.8. The highest BCUT2D eigenvalue weighted by molar-refractivity contribution is 5.47. The number of benzene rings is 1. The van der Waals surface area contributed by atoms with Crippen LogP contribution in [0.25, 0.3) is 0 Å². The first-order chi connectivity index (χ1) is 7.56. The van der Waals surface area contributed by atoms with Gasteiger partial charge in [-0.1, -0.05) is 19.9 Å². The number of rotatable bonds is 2. The Morgan fingerprint density at radius 3 is 2.88 bits per heavy atom. The van der Waals surface area contributed by atoms with Gasteiger partial charge in [-0.25, -0.2) is 4.39 Å². The highest BCUT2D eigenvalue weighted by Crippen LogP contribution is 2.38. The second-order valence-corrected chi connectivity index (χ2v) is 4.90. The van der Waals surface area contributed by atoms with Crippen LogP contribution in [-0.4, -0.2) is 18.3 Å². The van der Waals surface area contributed by atoms with Crippen molar-refractivity contribution in [1.82, 2.24) is 0 Å². The molecule has 2 nitrogen and oxygen atoms in total. The first-order valence-corrected chi connectivity index (χ1v) is 5.62. The average Bonchev–Trinajstić information content (AvgIpc) is 2.28. The van der Waals surface area contributed by atoms with Gasteiger partial charge in [0.25, 0.3) is 0 Å². The normalized spacial score (nSPS) is 15.5. The predicted molar refractivity (Wildman–Crippen MR) is 60.3 cm³/mol. The predicted octanol–water partition coefficient (Wildman–Crippen LogP) is 2.42. The minimum Gasteiger partial charge on any atom is -0.493 e. The van der Waals surface area contributed by atoms with Gasteiger partial charge in [-0.05, 0) is 24.5 Å². The second kappa shape index (κ2) is 4.06. The molecule has 0 fully saturated rings. The Morgan fingerprint density at radius 1 is 1.44 bits per heavy atom. The molecule has 1 aliphatic rings. The SMILES string of the molecule is CC(C)(CO)c1c(F)ccc2c1OCCC2. The van der Waals surface area contributed by atoms with Crippen LogP contribution in [-0.2, 0) is 11.8 Å². The van der Waals surface area contributed by atoms with Gasteiger partial charge in [-0.15, -0.1) is 0 Å². The maximum Gasteiger partial charge on any atom is 0.130 e. The van der Waals surface area contributed by atoms with Crippen molar-refractivity contribution in [2.75, 3.05) is 13.2 Å². The number of fused-ring (bicyclic) bond motifs is 1. The van der Waals surface area contributed by atoms with Crippen LogP contribution >= 0.6 is 0 Å². The second-order valence-electron chi connectivity index (χ2n) is 4.90. The quantitative estimate of drug-likeness (QED) is 0.836. The van der Waals surface area contributed by atoms with Crippen molar-refractivity contribution >= 4 is 0 Å². The summed E-state index contributed by atoms with van der Waals surface area (Å²) in [5.41, 5.74) is 0.948. The van der Waals surface area contributed by atoms with Crippen molar-refractivity contribution in [3.05, 3.63) is 29.1 Å². The van der Waals surface area contributed by atoms with E-state index in [4.69, 9.17) is 4.74 Å². The van der Waals surface area contributed by atoms with Gasteiger partial charge < -0.3 is 9.84 Å². The van der Waals surface area contributed by atoms with Gasteiger partial charge in [0, 0.05) is 11.0 Å². The molecule has 0 spiro atoms. The van der Waals surface area contributed by atoms with E-state index in [2.05, 4.69) is 0 Å². The lowest BCUT2D eigenvalue weighted by atomic mass is 9.82. The minimum absolute atomic E-state index is 0.0935. The zero-order valence-electron chi connectivity index (χ0n) is 9.72. The molecule has 0 radical (unpaired) electrons. The van der Waals surface area contributed by atoms with E-state index in [1.807, 2.05) is 13.8 Å². The number of aliphatic hydroxyl groups is 1. The molecule has 0 saturated carbocycles. The first-order valence-electron chi connectivity index (χ1n) is 5.62. The summed E-state index contributed by atoms with van der Waals surface area (Å²) < 4.78 is 19.4. The Kier molecular flexibility index (Phi) is 2.89. The molecule has 0 unspecified atom stereocenters. The Morgan fingerprint density at radius 2 is 2.19 bits per heavy atom. The standard InChI is InChI=1S/C13H17FO2/c1-13(2,8-15)11-10(14)6-5-9-4-3-7-16-12(9)11/h5-6,15H,3-4,7-8H2,1-2H3. The fourth-order valence-electron chi connectivity index (χ4n) is 2.11. The Balaban J connectivity index is 2.58.